The van der Waals surface area contributed by atoms with Gasteiger partial charge in [-0.2, -0.15) is 8.78 Å². The van der Waals surface area contributed by atoms with E-state index in [9.17, 15) is 23.5 Å². The number of aryl methyl sites for hydroxylation is 1. The van der Waals surface area contributed by atoms with Crippen LogP contribution in [-0.2, 0) is 15.0 Å². The van der Waals surface area contributed by atoms with E-state index >= 15 is 0 Å². The number of nitrogens with one attached hydrogen (secondary N) is 2. The summed E-state index contributed by atoms with van der Waals surface area (Å²) < 4.78 is 30.5. The second-order valence-corrected chi connectivity index (χ2v) is 10.0. The summed E-state index contributed by atoms with van der Waals surface area (Å²) in [6, 6.07) is 10.7. The van der Waals surface area contributed by atoms with Gasteiger partial charge in [-0.1, -0.05) is 38.1 Å². The van der Waals surface area contributed by atoms with Crippen LogP contribution >= 0.6 is 0 Å². The van der Waals surface area contributed by atoms with Gasteiger partial charge in [-0.05, 0) is 48.9 Å². The maximum Gasteiger partial charge on any atom is 0.388 e. The van der Waals surface area contributed by atoms with Gasteiger partial charge in [-0.25, -0.2) is 4.98 Å². The van der Waals surface area contributed by atoms with Crippen molar-refractivity contribution in [2.75, 3.05) is 31.5 Å². The molecule has 1 saturated carbocycles. The number of amides is 2. The molecular formula is C26H32F2N4O4. The largest absolute Gasteiger partial charge is 0.415 e. The Bertz CT molecular complexity index is 1130. The Morgan fingerprint density at radius 1 is 1.17 bits per heavy atom. The molecule has 1 aliphatic carbocycles. The van der Waals surface area contributed by atoms with E-state index in [1.165, 1.54) is 6.07 Å². The van der Waals surface area contributed by atoms with Crippen molar-refractivity contribution in [1.82, 2.24) is 15.2 Å². The van der Waals surface area contributed by atoms with Crippen LogP contribution in [-0.4, -0.2) is 65.2 Å². The SMILES string of the molecule is Cc1ccc(NC(=O)C2(c3ccccc3C(C)C)CN(C(=O)CNCC3(O)CC3)C2)c(OC(F)F)n1. The molecule has 1 aliphatic heterocycles. The Morgan fingerprint density at radius 3 is 2.50 bits per heavy atom. The van der Waals surface area contributed by atoms with Crippen LogP contribution in [0.4, 0.5) is 14.5 Å². The number of aromatic nitrogens is 1. The summed E-state index contributed by atoms with van der Waals surface area (Å²) in [6.07, 6.45) is 1.44. The molecule has 36 heavy (non-hydrogen) atoms. The lowest BCUT2D eigenvalue weighted by Crippen LogP contribution is -2.67. The number of ether oxygens (including phenoxy) is 1. The van der Waals surface area contributed by atoms with Crippen LogP contribution in [0.5, 0.6) is 5.88 Å². The first-order chi connectivity index (χ1) is 17.0. The summed E-state index contributed by atoms with van der Waals surface area (Å²) in [4.78, 5) is 32.2. The lowest BCUT2D eigenvalue weighted by molar-refractivity contribution is -0.143. The fourth-order valence-corrected chi connectivity index (χ4v) is 4.53. The second-order valence-electron chi connectivity index (χ2n) is 10.0. The Balaban J connectivity index is 1.57. The van der Waals surface area contributed by atoms with E-state index in [2.05, 4.69) is 20.4 Å². The number of pyridine rings is 1. The van der Waals surface area contributed by atoms with Crippen molar-refractivity contribution in [3.8, 4) is 5.88 Å². The third-order valence-corrected chi connectivity index (χ3v) is 6.81. The number of alkyl halides is 2. The number of benzene rings is 1. The van der Waals surface area contributed by atoms with Gasteiger partial charge in [0.05, 0.1) is 12.1 Å². The molecule has 1 saturated heterocycles. The average molecular weight is 503 g/mol. The number of likely N-dealkylation sites (tertiary alicyclic amines) is 1. The molecule has 194 valence electrons. The van der Waals surface area contributed by atoms with Gasteiger partial charge < -0.3 is 25.4 Å². The molecule has 1 aromatic heterocycles. The highest BCUT2D eigenvalue weighted by atomic mass is 19.3. The van der Waals surface area contributed by atoms with Crippen LogP contribution in [0.3, 0.4) is 0 Å². The Labute approximate surface area is 209 Å². The summed E-state index contributed by atoms with van der Waals surface area (Å²) in [6.45, 7) is 3.27. The Kier molecular flexibility index (Phi) is 7.28. The fraction of sp³-hybridized carbons (Fsp3) is 0.500. The first-order valence-electron chi connectivity index (χ1n) is 12.1. The molecule has 0 atom stereocenters. The topological polar surface area (TPSA) is 104 Å². The van der Waals surface area contributed by atoms with Crippen LogP contribution < -0.4 is 15.4 Å². The predicted octanol–water partition coefficient (Wildman–Crippen LogP) is 2.95. The van der Waals surface area contributed by atoms with Crippen molar-refractivity contribution in [2.24, 2.45) is 0 Å². The van der Waals surface area contributed by atoms with Crippen molar-refractivity contribution < 1.29 is 28.2 Å². The summed E-state index contributed by atoms with van der Waals surface area (Å²) in [5.41, 5.74) is 0.481. The van der Waals surface area contributed by atoms with Gasteiger partial charge >= 0.3 is 6.61 Å². The van der Waals surface area contributed by atoms with Gasteiger partial charge in [0.2, 0.25) is 17.7 Å². The molecule has 0 bridgehead atoms. The van der Waals surface area contributed by atoms with Crippen LogP contribution in [0.2, 0.25) is 0 Å². The van der Waals surface area contributed by atoms with E-state index in [1.807, 2.05) is 38.1 Å². The first kappa shape index (κ1) is 26.0. The number of hydrogen-bond acceptors (Lipinski definition) is 6. The minimum Gasteiger partial charge on any atom is -0.415 e. The van der Waals surface area contributed by atoms with E-state index < -0.39 is 23.5 Å². The highest BCUT2D eigenvalue weighted by Crippen LogP contribution is 2.40. The number of aliphatic hydroxyl groups is 1. The molecule has 2 fully saturated rings. The minimum atomic E-state index is -3.09. The molecular weight excluding hydrogens is 470 g/mol. The summed E-state index contributed by atoms with van der Waals surface area (Å²) in [5, 5.41) is 15.7. The standard InChI is InChI=1S/C26H32F2N4O4/c1-16(2)18-6-4-5-7-19(18)26(14-32(15-26)21(33)12-29-13-25(35)10-11-25)23(34)31-20-9-8-17(3)30-22(20)36-24(27)28/h4-9,16,24,29,35H,10-15H2,1-3H3,(H,31,34). The molecule has 2 amide bonds. The molecule has 2 aliphatic rings. The van der Waals surface area contributed by atoms with Crippen molar-refractivity contribution in [3.63, 3.8) is 0 Å². The smallest absolute Gasteiger partial charge is 0.388 e. The van der Waals surface area contributed by atoms with E-state index in [1.54, 1.807) is 17.9 Å². The second kappa shape index (κ2) is 10.1. The van der Waals surface area contributed by atoms with Crippen molar-refractivity contribution >= 4 is 17.5 Å². The monoisotopic (exact) mass is 502 g/mol. The Morgan fingerprint density at radius 2 is 1.86 bits per heavy atom. The lowest BCUT2D eigenvalue weighted by atomic mass is 9.69. The summed E-state index contributed by atoms with van der Waals surface area (Å²) in [7, 11) is 0. The number of carbonyl (C=O) groups is 2. The lowest BCUT2D eigenvalue weighted by Gasteiger charge is -2.50. The van der Waals surface area contributed by atoms with E-state index in [4.69, 9.17) is 0 Å². The quantitative estimate of drug-likeness (QED) is 0.462. The molecule has 8 nitrogen and oxygen atoms in total. The molecule has 0 spiro atoms. The molecule has 3 N–H and O–H groups in total. The number of hydrogen-bond donors (Lipinski definition) is 3. The number of carbonyl (C=O) groups excluding carboxylic acids is 2. The summed E-state index contributed by atoms with van der Waals surface area (Å²) in [5.74, 6) is -0.844. The van der Waals surface area contributed by atoms with Gasteiger partial charge in [-0.15, -0.1) is 0 Å². The van der Waals surface area contributed by atoms with E-state index in [-0.39, 0.29) is 43.0 Å². The number of anilines is 1. The number of halogens is 2. The molecule has 4 rings (SSSR count). The van der Waals surface area contributed by atoms with Gasteiger partial charge in [0.15, 0.2) is 0 Å². The fourth-order valence-electron chi connectivity index (χ4n) is 4.53. The van der Waals surface area contributed by atoms with Crippen molar-refractivity contribution in [2.45, 2.75) is 57.2 Å². The average Bonchev–Trinajstić information content (AvgIpc) is 3.51. The number of rotatable bonds is 10. The van der Waals surface area contributed by atoms with Crippen LogP contribution in [0.25, 0.3) is 0 Å². The van der Waals surface area contributed by atoms with E-state index in [0.717, 1.165) is 24.0 Å². The Hall–Kier alpha value is -3.11. The van der Waals surface area contributed by atoms with E-state index in [0.29, 0.717) is 12.2 Å². The van der Waals surface area contributed by atoms with Crippen molar-refractivity contribution in [1.29, 1.82) is 0 Å². The zero-order valence-corrected chi connectivity index (χ0v) is 20.7. The van der Waals surface area contributed by atoms with Gasteiger partial charge in [0.25, 0.3) is 0 Å². The van der Waals surface area contributed by atoms with Crippen LogP contribution in [0.15, 0.2) is 36.4 Å². The maximum absolute atomic E-state index is 13.8. The molecule has 1 aromatic carbocycles. The molecule has 0 unspecified atom stereocenters. The van der Waals surface area contributed by atoms with Crippen LogP contribution in [0, 0.1) is 6.92 Å². The zero-order valence-electron chi connectivity index (χ0n) is 20.7. The normalized spacial score (nSPS) is 17.6. The molecule has 2 aromatic rings. The first-order valence-corrected chi connectivity index (χ1v) is 12.1. The van der Waals surface area contributed by atoms with Gasteiger partial charge in [-0.3, -0.25) is 9.59 Å². The maximum atomic E-state index is 13.8. The molecule has 10 heteroatoms. The van der Waals surface area contributed by atoms with Gasteiger partial charge in [0, 0.05) is 25.3 Å². The zero-order chi connectivity index (χ0) is 26.1. The highest BCUT2D eigenvalue weighted by molar-refractivity contribution is 6.02. The minimum absolute atomic E-state index is 0.0384. The third kappa shape index (κ3) is 5.49. The van der Waals surface area contributed by atoms with Crippen molar-refractivity contribution in [3.05, 3.63) is 53.2 Å². The summed E-state index contributed by atoms with van der Waals surface area (Å²) >= 11 is 0. The third-order valence-electron chi connectivity index (χ3n) is 6.81. The molecule has 0 radical (unpaired) electrons. The predicted molar refractivity (Wildman–Crippen MR) is 130 cm³/mol. The number of nitrogens with zero attached hydrogens (tertiary/aromatic N) is 2. The van der Waals surface area contributed by atoms with Crippen LogP contribution in [0.1, 0.15) is 49.4 Å². The van der Waals surface area contributed by atoms with Gasteiger partial charge in [0.1, 0.15) is 11.1 Å². The highest BCUT2D eigenvalue weighted by Gasteiger charge is 2.53. The molecule has 2 heterocycles.